The van der Waals surface area contributed by atoms with Gasteiger partial charge in [0.05, 0.1) is 6.10 Å². The maximum absolute atomic E-state index is 11.1. The number of thioether (sulfide) groups is 1. The molecule has 0 saturated carbocycles. The summed E-state index contributed by atoms with van der Waals surface area (Å²) >= 11 is 1.77. The molecule has 0 aliphatic carbocycles. The third-order valence-corrected chi connectivity index (χ3v) is 5.83. The standard InChI is InChI=1S/C24H27NOS/c1-18-10-9-13-21(16-18)24(26)23(17-27-22-14-7-4-8-15-22)25-19(2)20-11-5-3-6-12-20/h3-16,19,23-26H,17H2,1-2H3/t19-,23-,24+/m0/s1. The van der Waals surface area contributed by atoms with Crippen molar-refractivity contribution in [3.8, 4) is 0 Å². The topological polar surface area (TPSA) is 32.3 Å². The molecular weight excluding hydrogens is 350 g/mol. The zero-order valence-corrected chi connectivity index (χ0v) is 16.7. The van der Waals surface area contributed by atoms with Crippen molar-refractivity contribution >= 4 is 11.8 Å². The Labute approximate surface area is 166 Å². The van der Waals surface area contributed by atoms with Gasteiger partial charge in [0.2, 0.25) is 0 Å². The molecule has 0 heterocycles. The molecule has 0 aliphatic heterocycles. The Morgan fingerprint density at radius 3 is 2.15 bits per heavy atom. The van der Waals surface area contributed by atoms with Crippen LogP contribution in [0.15, 0.2) is 89.8 Å². The molecule has 0 fully saturated rings. The minimum Gasteiger partial charge on any atom is -0.387 e. The lowest BCUT2D eigenvalue weighted by molar-refractivity contribution is 0.132. The summed E-state index contributed by atoms with van der Waals surface area (Å²) in [5.41, 5.74) is 3.35. The van der Waals surface area contributed by atoms with Gasteiger partial charge in [-0.3, -0.25) is 0 Å². The van der Waals surface area contributed by atoms with Gasteiger partial charge >= 0.3 is 0 Å². The number of aliphatic hydroxyl groups is 1. The fourth-order valence-corrected chi connectivity index (χ4v) is 4.18. The first kappa shape index (κ1) is 19.7. The van der Waals surface area contributed by atoms with E-state index in [0.29, 0.717) is 0 Å². The Morgan fingerprint density at radius 1 is 0.852 bits per heavy atom. The summed E-state index contributed by atoms with van der Waals surface area (Å²) in [5.74, 6) is 0.788. The van der Waals surface area contributed by atoms with E-state index in [0.717, 1.165) is 16.9 Å². The van der Waals surface area contributed by atoms with E-state index >= 15 is 0 Å². The summed E-state index contributed by atoms with van der Waals surface area (Å²) in [6, 6.07) is 29.0. The molecule has 3 aromatic rings. The van der Waals surface area contributed by atoms with E-state index in [-0.39, 0.29) is 12.1 Å². The van der Waals surface area contributed by atoms with Crippen molar-refractivity contribution in [2.45, 2.75) is 36.9 Å². The molecule has 2 N–H and O–H groups in total. The molecule has 3 heteroatoms. The van der Waals surface area contributed by atoms with Gasteiger partial charge in [0.15, 0.2) is 0 Å². The second kappa shape index (κ2) is 9.75. The number of hydrogen-bond donors (Lipinski definition) is 2. The van der Waals surface area contributed by atoms with E-state index in [2.05, 4.69) is 67.7 Å². The molecule has 0 spiro atoms. The summed E-state index contributed by atoms with van der Waals surface area (Å²) < 4.78 is 0. The van der Waals surface area contributed by atoms with Crippen LogP contribution in [-0.2, 0) is 0 Å². The Hall–Kier alpha value is -2.07. The van der Waals surface area contributed by atoms with E-state index in [1.54, 1.807) is 11.8 Å². The second-order valence-electron chi connectivity index (χ2n) is 6.89. The van der Waals surface area contributed by atoms with Crippen LogP contribution >= 0.6 is 11.8 Å². The normalized spacial score (nSPS) is 14.5. The molecule has 3 rings (SSSR count). The smallest absolute Gasteiger partial charge is 0.0951 e. The highest BCUT2D eigenvalue weighted by molar-refractivity contribution is 7.99. The van der Waals surface area contributed by atoms with Gasteiger partial charge in [-0.2, -0.15) is 0 Å². The van der Waals surface area contributed by atoms with Crippen LogP contribution in [0.25, 0.3) is 0 Å². The number of aryl methyl sites for hydroxylation is 1. The Morgan fingerprint density at radius 2 is 1.48 bits per heavy atom. The van der Waals surface area contributed by atoms with Gasteiger partial charge in [-0.15, -0.1) is 11.8 Å². The Kier molecular flexibility index (Phi) is 7.11. The van der Waals surface area contributed by atoms with Crippen molar-refractivity contribution < 1.29 is 5.11 Å². The van der Waals surface area contributed by atoms with Crippen molar-refractivity contribution in [2.75, 3.05) is 5.75 Å². The molecule has 0 amide bonds. The SMILES string of the molecule is Cc1cccc([C@@H](O)[C@H](CSc2ccccc2)N[C@@H](C)c2ccccc2)c1. The first-order valence-electron chi connectivity index (χ1n) is 9.37. The molecule has 0 aliphatic rings. The summed E-state index contributed by atoms with van der Waals surface area (Å²) in [6.45, 7) is 4.21. The number of hydrogen-bond acceptors (Lipinski definition) is 3. The van der Waals surface area contributed by atoms with Crippen molar-refractivity contribution in [3.63, 3.8) is 0 Å². The zero-order valence-electron chi connectivity index (χ0n) is 15.9. The van der Waals surface area contributed by atoms with Gasteiger partial charge in [0, 0.05) is 22.7 Å². The van der Waals surface area contributed by atoms with Crippen LogP contribution < -0.4 is 5.32 Å². The van der Waals surface area contributed by atoms with Crippen LogP contribution in [0.2, 0.25) is 0 Å². The lowest BCUT2D eigenvalue weighted by atomic mass is 10.00. The monoisotopic (exact) mass is 377 g/mol. The van der Waals surface area contributed by atoms with Gasteiger partial charge in [0.25, 0.3) is 0 Å². The summed E-state index contributed by atoms with van der Waals surface area (Å²) in [5, 5.41) is 14.8. The highest BCUT2D eigenvalue weighted by Gasteiger charge is 2.23. The molecule has 140 valence electrons. The van der Waals surface area contributed by atoms with E-state index in [1.165, 1.54) is 10.5 Å². The largest absolute Gasteiger partial charge is 0.387 e. The maximum Gasteiger partial charge on any atom is 0.0951 e. The Balaban J connectivity index is 1.77. The van der Waals surface area contributed by atoms with E-state index in [1.807, 2.05) is 36.4 Å². The van der Waals surface area contributed by atoms with Crippen LogP contribution in [0.5, 0.6) is 0 Å². The predicted octanol–water partition coefficient (Wildman–Crippen LogP) is 5.54. The summed E-state index contributed by atoms with van der Waals surface area (Å²) in [6.07, 6.45) is -0.563. The fraction of sp³-hybridized carbons (Fsp3) is 0.250. The molecule has 0 saturated heterocycles. The predicted molar refractivity (Wildman–Crippen MR) is 115 cm³/mol. The van der Waals surface area contributed by atoms with Crippen molar-refractivity contribution in [1.82, 2.24) is 5.32 Å². The number of rotatable bonds is 8. The van der Waals surface area contributed by atoms with Crippen LogP contribution in [0.3, 0.4) is 0 Å². The average Bonchev–Trinajstić information content (AvgIpc) is 2.72. The highest BCUT2D eigenvalue weighted by Crippen LogP contribution is 2.27. The molecule has 27 heavy (non-hydrogen) atoms. The molecule has 3 atom stereocenters. The fourth-order valence-electron chi connectivity index (χ4n) is 3.18. The molecule has 0 radical (unpaired) electrons. The molecular formula is C24H27NOS. The maximum atomic E-state index is 11.1. The summed E-state index contributed by atoms with van der Waals surface area (Å²) in [7, 11) is 0. The third kappa shape index (κ3) is 5.70. The third-order valence-electron chi connectivity index (χ3n) is 4.70. The van der Waals surface area contributed by atoms with Crippen LogP contribution in [0.4, 0.5) is 0 Å². The molecule has 0 unspecified atom stereocenters. The average molecular weight is 378 g/mol. The second-order valence-corrected chi connectivity index (χ2v) is 7.98. The number of benzene rings is 3. The van der Waals surface area contributed by atoms with Crippen LogP contribution in [-0.4, -0.2) is 16.9 Å². The molecule has 0 bridgehead atoms. The van der Waals surface area contributed by atoms with Gasteiger partial charge in [0.1, 0.15) is 0 Å². The first-order chi connectivity index (χ1) is 13.1. The lowest BCUT2D eigenvalue weighted by Crippen LogP contribution is -2.38. The van der Waals surface area contributed by atoms with Crippen molar-refractivity contribution in [2.24, 2.45) is 0 Å². The lowest BCUT2D eigenvalue weighted by Gasteiger charge is -2.28. The van der Waals surface area contributed by atoms with Gasteiger partial charge in [-0.05, 0) is 37.1 Å². The minimum atomic E-state index is -0.563. The van der Waals surface area contributed by atoms with E-state index in [4.69, 9.17) is 0 Å². The highest BCUT2D eigenvalue weighted by atomic mass is 32.2. The minimum absolute atomic E-state index is 0.0628. The molecule has 3 aromatic carbocycles. The number of aliphatic hydroxyl groups excluding tert-OH is 1. The number of nitrogens with one attached hydrogen (secondary N) is 1. The van der Waals surface area contributed by atoms with Crippen LogP contribution in [0.1, 0.15) is 35.8 Å². The van der Waals surface area contributed by atoms with Gasteiger partial charge < -0.3 is 10.4 Å². The zero-order chi connectivity index (χ0) is 19.1. The molecule has 2 nitrogen and oxygen atoms in total. The van der Waals surface area contributed by atoms with Crippen LogP contribution in [0, 0.1) is 6.92 Å². The summed E-state index contributed by atoms with van der Waals surface area (Å²) in [4.78, 5) is 1.22. The van der Waals surface area contributed by atoms with Crippen molar-refractivity contribution in [3.05, 3.63) is 102 Å². The first-order valence-corrected chi connectivity index (χ1v) is 10.4. The van der Waals surface area contributed by atoms with Crippen molar-refractivity contribution in [1.29, 1.82) is 0 Å². The van der Waals surface area contributed by atoms with Gasteiger partial charge in [-0.1, -0.05) is 78.4 Å². The molecule has 0 aromatic heterocycles. The Bertz CT molecular complexity index is 822. The van der Waals surface area contributed by atoms with E-state index in [9.17, 15) is 5.11 Å². The quantitative estimate of drug-likeness (QED) is 0.506. The van der Waals surface area contributed by atoms with Gasteiger partial charge in [-0.25, -0.2) is 0 Å². The van der Waals surface area contributed by atoms with E-state index < -0.39 is 6.10 Å².